The zero-order valence-corrected chi connectivity index (χ0v) is 13.2. The molecule has 4 rings (SSSR count). The molecule has 0 aliphatic heterocycles. The number of aryl methyl sites for hydroxylation is 2. The molecule has 0 unspecified atom stereocenters. The first-order valence-electron chi connectivity index (χ1n) is 7.35. The van der Waals surface area contributed by atoms with Gasteiger partial charge in [0.25, 0.3) is 0 Å². The topological polar surface area (TPSA) is 55.5 Å². The van der Waals surface area contributed by atoms with E-state index in [-0.39, 0.29) is 4.90 Å². The third-order valence-electron chi connectivity index (χ3n) is 4.64. The third-order valence-corrected chi connectivity index (χ3v) is 5.52. The molecule has 1 aliphatic carbocycles. The predicted molar refractivity (Wildman–Crippen MR) is 88.9 cm³/mol. The molecule has 0 amide bonds. The first kappa shape index (κ1) is 14.3. The number of benzene rings is 3. The fraction of sp³-hybridized carbons (Fsp3) is 0.167. The lowest BCUT2D eigenvalue weighted by molar-refractivity contribution is 0.553. The van der Waals surface area contributed by atoms with Gasteiger partial charge in [-0.2, -0.15) is 8.42 Å². The summed E-state index contributed by atoms with van der Waals surface area (Å²) in [4.78, 5) is 9.65. The summed E-state index contributed by atoms with van der Waals surface area (Å²) >= 11 is 0. The molecule has 23 heavy (non-hydrogen) atoms. The van der Waals surface area contributed by atoms with Crippen LogP contribution < -0.4 is 0 Å². The van der Waals surface area contributed by atoms with Crippen LogP contribution in [0.2, 0.25) is 0 Å². The maximum atomic E-state index is 13.6. The van der Waals surface area contributed by atoms with Crippen molar-refractivity contribution in [3.8, 4) is 0 Å². The highest BCUT2D eigenvalue weighted by atomic mass is 32.3. The van der Waals surface area contributed by atoms with E-state index in [1.807, 2.05) is 25.1 Å². The molecule has 3 aromatic rings. The molecular weight excluding hydrogens is 315 g/mol. The molecule has 0 aromatic heterocycles. The Balaban J connectivity index is 2.21. The van der Waals surface area contributed by atoms with Crippen LogP contribution in [0.15, 0.2) is 41.3 Å². The quantitative estimate of drug-likeness (QED) is 0.387. The lowest BCUT2D eigenvalue weighted by Crippen LogP contribution is -1.97. The average molecular weight is 329 g/mol. The van der Waals surface area contributed by atoms with Gasteiger partial charge in [0.05, 0.1) is 12.0 Å². The number of carbonyl (C=O) groups excluding carboxylic acids is 1. The first-order valence-corrected chi connectivity index (χ1v) is 8.74. The summed E-state index contributed by atoms with van der Waals surface area (Å²) in [6.07, 6.45) is 1.37. The minimum atomic E-state index is -4.78. The summed E-state index contributed by atoms with van der Waals surface area (Å²) in [5.74, 6) is 0.388. The summed E-state index contributed by atoms with van der Waals surface area (Å²) < 4.78 is 36.4. The van der Waals surface area contributed by atoms with Crippen molar-refractivity contribution >= 4 is 37.6 Å². The molecule has 1 N–H and O–H groups in total. The fourth-order valence-electron chi connectivity index (χ4n) is 3.60. The largest absolute Gasteiger partial charge is 0.332 e. The SMILES string of the molecule is Cc1ccc(S(=O)(=O)F)c2ccc3c4c(ccc3c12)C(=[OH+])CC4. The van der Waals surface area contributed by atoms with Crippen molar-refractivity contribution < 1.29 is 17.1 Å². The van der Waals surface area contributed by atoms with Gasteiger partial charge in [0, 0.05) is 5.39 Å². The zero-order valence-electron chi connectivity index (χ0n) is 12.4. The van der Waals surface area contributed by atoms with Crippen molar-refractivity contribution in [2.75, 3.05) is 0 Å². The summed E-state index contributed by atoms with van der Waals surface area (Å²) in [6, 6.07) is 10.2. The fourth-order valence-corrected chi connectivity index (χ4v) is 4.27. The summed E-state index contributed by atoms with van der Waals surface area (Å²) in [7, 11) is -4.78. The number of ketones is 1. The van der Waals surface area contributed by atoms with E-state index in [1.165, 1.54) is 6.07 Å². The van der Waals surface area contributed by atoms with E-state index in [4.69, 9.17) is 0 Å². The molecule has 0 spiro atoms. The van der Waals surface area contributed by atoms with Gasteiger partial charge in [-0.05, 0) is 52.8 Å². The first-order chi connectivity index (χ1) is 10.9. The molecule has 116 valence electrons. The normalized spacial score (nSPS) is 14.6. The second kappa shape index (κ2) is 4.61. The monoisotopic (exact) mass is 329 g/mol. The van der Waals surface area contributed by atoms with Crippen LogP contribution in [0.5, 0.6) is 0 Å². The van der Waals surface area contributed by atoms with Crippen LogP contribution >= 0.6 is 0 Å². The Kier molecular flexibility index (Phi) is 2.87. The molecular formula is C18H14FO3S+. The van der Waals surface area contributed by atoms with E-state index in [2.05, 4.69) is 0 Å². The van der Waals surface area contributed by atoms with E-state index in [1.54, 1.807) is 12.1 Å². The minimum absolute atomic E-state index is 0.296. The van der Waals surface area contributed by atoms with Crippen LogP contribution in [0.25, 0.3) is 21.5 Å². The molecule has 0 radical (unpaired) electrons. The molecule has 1 aliphatic rings. The average Bonchev–Trinajstić information content (AvgIpc) is 2.87. The molecule has 0 saturated heterocycles. The lowest BCUT2D eigenvalue weighted by atomic mass is 9.94. The molecule has 0 fully saturated rings. The van der Waals surface area contributed by atoms with E-state index in [9.17, 15) is 17.1 Å². The second-order valence-electron chi connectivity index (χ2n) is 5.94. The number of rotatable bonds is 1. The molecule has 5 heteroatoms. The zero-order chi connectivity index (χ0) is 16.4. The number of fused-ring (bicyclic) bond motifs is 5. The molecule has 0 heterocycles. The summed E-state index contributed by atoms with van der Waals surface area (Å²) in [5, 5.41) is 3.01. The van der Waals surface area contributed by atoms with Gasteiger partial charge in [0.15, 0.2) is 0 Å². The Bertz CT molecular complexity index is 1110. The van der Waals surface area contributed by atoms with Crippen molar-refractivity contribution in [2.24, 2.45) is 0 Å². The van der Waals surface area contributed by atoms with E-state index >= 15 is 0 Å². The summed E-state index contributed by atoms with van der Waals surface area (Å²) in [6.45, 7) is 1.88. The van der Waals surface area contributed by atoms with Crippen LogP contribution in [0.1, 0.15) is 23.1 Å². The lowest BCUT2D eigenvalue weighted by Gasteiger charge is -2.11. The maximum Gasteiger partial charge on any atom is 0.332 e. The Morgan fingerprint density at radius 3 is 2.39 bits per heavy atom. The Morgan fingerprint density at radius 1 is 0.957 bits per heavy atom. The maximum absolute atomic E-state index is 13.6. The number of hydrogen-bond acceptors (Lipinski definition) is 2. The standard InChI is InChI=1S/C18H13FO3S/c1-10-2-9-17(23(19,21)22)15-6-3-12-11-7-8-16(20)13(11)4-5-14(12)18(10)15/h2-6,9H,7-8H2,1H3/p+1. The predicted octanol–water partition coefficient (Wildman–Crippen LogP) is 3.80. The highest BCUT2D eigenvalue weighted by Gasteiger charge is 2.27. The van der Waals surface area contributed by atoms with Gasteiger partial charge in [-0.15, -0.1) is 3.89 Å². The highest BCUT2D eigenvalue weighted by molar-refractivity contribution is 7.86. The van der Waals surface area contributed by atoms with Crippen LogP contribution in [0, 0.1) is 6.92 Å². The van der Waals surface area contributed by atoms with Crippen molar-refractivity contribution in [2.45, 2.75) is 24.7 Å². The Labute approximate surface area is 132 Å². The van der Waals surface area contributed by atoms with Crippen molar-refractivity contribution in [3.05, 3.63) is 53.1 Å². The van der Waals surface area contributed by atoms with Gasteiger partial charge in [-0.1, -0.05) is 24.3 Å². The molecule has 0 bridgehead atoms. The van der Waals surface area contributed by atoms with Crippen molar-refractivity contribution in [1.29, 1.82) is 0 Å². The van der Waals surface area contributed by atoms with Gasteiger partial charge < -0.3 is 0 Å². The second-order valence-corrected chi connectivity index (χ2v) is 7.26. The molecule has 3 aromatic carbocycles. The third kappa shape index (κ3) is 2.00. The Morgan fingerprint density at radius 2 is 1.65 bits per heavy atom. The van der Waals surface area contributed by atoms with Gasteiger partial charge in [0.1, 0.15) is 4.90 Å². The van der Waals surface area contributed by atoms with Crippen LogP contribution in [0.3, 0.4) is 0 Å². The van der Waals surface area contributed by atoms with Crippen molar-refractivity contribution in [3.63, 3.8) is 0 Å². The molecule has 0 atom stereocenters. The summed E-state index contributed by atoms with van der Waals surface area (Å²) in [5.41, 5.74) is 2.81. The van der Waals surface area contributed by atoms with Gasteiger partial charge in [-0.3, -0.25) is 4.79 Å². The Hall–Kier alpha value is -2.27. The van der Waals surface area contributed by atoms with E-state index in [0.717, 1.165) is 39.3 Å². The number of hydrogen-bond donors (Lipinski definition) is 0. The van der Waals surface area contributed by atoms with Gasteiger partial charge in [-0.25, -0.2) is 0 Å². The highest BCUT2D eigenvalue weighted by Crippen LogP contribution is 2.37. The van der Waals surface area contributed by atoms with Crippen molar-refractivity contribution in [1.82, 2.24) is 0 Å². The number of halogens is 1. The van der Waals surface area contributed by atoms with Gasteiger partial charge >= 0.3 is 16.0 Å². The smallest absolute Gasteiger partial charge is 0.278 e. The molecule has 0 saturated carbocycles. The molecule has 3 nitrogen and oxygen atoms in total. The van der Waals surface area contributed by atoms with Crippen LogP contribution in [0.4, 0.5) is 3.89 Å². The van der Waals surface area contributed by atoms with Gasteiger partial charge in [0.2, 0.25) is 0 Å². The van der Waals surface area contributed by atoms with E-state index < -0.39 is 10.2 Å². The minimum Gasteiger partial charge on any atom is -0.278 e. The van der Waals surface area contributed by atoms with Crippen LogP contribution in [-0.2, 0) is 16.6 Å². The van der Waals surface area contributed by atoms with E-state index in [0.29, 0.717) is 17.6 Å². The van der Waals surface area contributed by atoms with Crippen LogP contribution in [-0.4, -0.2) is 19.0 Å².